The summed E-state index contributed by atoms with van der Waals surface area (Å²) < 4.78 is 13.0. The number of halogens is 1. The number of hydrogen-bond acceptors (Lipinski definition) is 2. The van der Waals surface area contributed by atoms with Crippen molar-refractivity contribution in [1.82, 2.24) is 0 Å². The molecule has 0 saturated carbocycles. The van der Waals surface area contributed by atoms with Crippen LogP contribution in [0.15, 0.2) is 17.7 Å². The Morgan fingerprint density at radius 2 is 2.14 bits per heavy atom. The van der Waals surface area contributed by atoms with Crippen LogP contribution in [0.4, 0.5) is 10.1 Å². The molecule has 2 nitrogen and oxygen atoms in total. The van der Waals surface area contributed by atoms with Gasteiger partial charge in [-0.25, -0.2) is 4.39 Å². The van der Waals surface area contributed by atoms with Gasteiger partial charge in [0.2, 0.25) is 0 Å². The largest absolute Gasteiger partial charge is 0.398 e. The Labute approximate surface area is 82.5 Å². The third-order valence-corrected chi connectivity index (χ3v) is 1.74. The van der Waals surface area contributed by atoms with Crippen LogP contribution in [0.2, 0.25) is 0 Å². The van der Waals surface area contributed by atoms with Crippen LogP contribution < -0.4 is 5.73 Å². The number of allylic oxidation sites excluding steroid dienone is 1. The van der Waals surface area contributed by atoms with Gasteiger partial charge in [0.1, 0.15) is 11.9 Å². The van der Waals surface area contributed by atoms with E-state index in [2.05, 4.69) is 0 Å². The second kappa shape index (κ2) is 3.93. The standard InChI is InChI=1S/C11H11FN2/c1-7(2)3-8-4-9(6-13)10(12)5-11(8)14/h3-5H,14H2,1-2H3. The van der Waals surface area contributed by atoms with Gasteiger partial charge in [-0.3, -0.25) is 0 Å². The summed E-state index contributed by atoms with van der Waals surface area (Å²) in [6.07, 6.45) is 1.82. The molecule has 3 heteroatoms. The number of nitrogen functional groups attached to an aromatic ring is 1. The second-order valence-electron chi connectivity index (χ2n) is 3.29. The topological polar surface area (TPSA) is 49.8 Å². The van der Waals surface area contributed by atoms with Gasteiger partial charge in [0.25, 0.3) is 0 Å². The van der Waals surface area contributed by atoms with Gasteiger partial charge in [-0.15, -0.1) is 0 Å². The van der Waals surface area contributed by atoms with Gasteiger partial charge in [-0.05, 0) is 31.5 Å². The minimum Gasteiger partial charge on any atom is -0.398 e. The van der Waals surface area contributed by atoms with E-state index in [9.17, 15) is 4.39 Å². The maximum atomic E-state index is 13.0. The summed E-state index contributed by atoms with van der Waals surface area (Å²) in [5.74, 6) is -0.573. The quantitative estimate of drug-likeness (QED) is 0.692. The fourth-order valence-electron chi connectivity index (χ4n) is 1.13. The van der Waals surface area contributed by atoms with E-state index < -0.39 is 5.82 Å². The summed E-state index contributed by atoms with van der Waals surface area (Å²) in [7, 11) is 0. The van der Waals surface area contributed by atoms with Crippen LogP contribution in [0.3, 0.4) is 0 Å². The minimum atomic E-state index is -0.573. The Bertz CT molecular complexity index is 424. The average Bonchev–Trinajstić information content (AvgIpc) is 2.09. The molecule has 1 aromatic rings. The molecule has 0 aliphatic carbocycles. The van der Waals surface area contributed by atoms with E-state index in [4.69, 9.17) is 11.0 Å². The predicted octanol–water partition coefficient (Wildman–Crippen LogP) is 2.70. The Balaban J connectivity index is 3.33. The van der Waals surface area contributed by atoms with Crippen molar-refractivity contribution >= 4 is 11.8 Å². The lowest BCUT2D eigenvalue weighted by molar-refractivity contribution is 0.624. The highest BCUT2D eigenvalue weighted by Gasteiger charge is 2.05. The number of hydrogen-bond donors (Lipinski definition) is 1. The number of nitrogens with two attached hydrogens (primary N) is 1. The van der Waals surface area contributed by atoms with Gasteiger partial charge in [0.15, 0.2) is 0 Å². The molecule has 2 N–H and O–H groups in total. The molecule has 0 amide bonds. The second-order valence-corrected chi connectivity index (χ2v) is 3.29. The van der Waals surface area contributed by atoms with Gasteiger partial charge in [-0.2, -0.15) is 5.26 Å². The van der Waals surface area contributed by atoms with E-state index in [1.165, 1.54) is 12.1 Å². The van der Waals surface area contributed by atoms with Crippen LogP contribution in [0.25, 0.3) is 6.08 Å². The molecule has 0 unspecified atom stereocenters. The van der Waals surface area contributed by atoms with Crippen molar-refractivity contribution in [1.29, 1.82) is 5.26 Å². The van der Waals surface area contributed by atoms with Crippen LogP contribution >= 0.6 is 0 Å². The molecule has 0 aliphatic heterocycles. The van der Waals surface area contributed by atoms with E-state index in [1.807, 2.05) is 19.9 Å². The Morgan fingerprint density at radius 1 is 1.50 bits per heavy atom. The summed E-state index contributed by atoms with van der Waals surface area (Å²) >= 11 is 0. The van der Waals surface area contributed by atoms with E-state index in [0.29, 0.717) is 11.3 Å². The van der Waals surface area contributed by atoms with Crippen molar-refractivity contribution in [3.8, 4) is 6.07 Å². The lowest BCUT2D eigenvalue weighted by atomic mass is 10.1. The molecule has 0 heterocycles. The van der Waals surface area contributed by atoms with Gasteiger partial charge in [0, 0.05) is 5.69 Å². The molecule has 1 aromatic carbocycles. The van der Waals surface area contributed by atoms with E-state index in [1.54, 1.807) is 6.07 Å². The Kier molecular flexibility index (Phi) is 2.88. The fraction of sp³-hybridized carbons (Fsp3) is 0.182. The zero-order valence-corrected chi connectivity index (χ0v) is 8.13. The van der Waals surface area contributed by atoms with Crippen molar-refractivity contribution < 1.29 is 4.39 Å². The van der Waals surface area contributed by atoms with Crippen molar-refractivity contribution in [2.45, 2.75) is 13.8 Å². The number of rotatable bonds is 1. The first-order chi connectivity index (χ1) is 6.54. The van der Waals surface area contributed by atoms with Crippen molar-refractivity contribution in [2.75, 3.05) is 5.73 Å². The molecular weight excluding hydrogens is 179 g/mol. The van der Waals surface area contributed by atoms with Gasteiger partial charge in [-0.1, -0.05) is 11.6 Å². The normalized spacial score (nSPS) is 9.29. The molecule has 0 atom stereocenters. The monoisotopic (exact) mass is 190 g/mol. The zero-order valence-electron chi connectivity index (χ0n) is 8.13. The summed E-state index contributed by atoms with van der Waals surface area (Å²) in [5.41, 5.74) is 7.70. The first kappa shape index (κ1) is 10.3. The molecule has 72 valence electrons. The van der Waals surface area contributed by atoms with Crippen LogP contribution in [-0.4, -0.2) is 0 Å². The number of benzene rings is 1. The van der Waals surface area contributed by atoms with E-state index >= 15 is 0 Å². The van der Waals surface area contributed by atoms with Crippen LogP contribution in [0.5, 0.6) is 0 Å². The molecule has 0 aromatic heterocycles. The molecule has 0 aliphatic rings. The number of nitrogens with zero attached hydrogens (tertiary/aromatic N) is 1. The zero-order chi connectivity index (χ0) is 10.7. The first-order valence-electron chi connectivity index (χ1n) is 4.18. The van der Waals surface area contributed by atoms with Gasteiger partial charge in [0.05, 0.1) is 5.56 Å². The molecule has 1 rings (SSSR count). The predicted molar refractivity (Wildman–Crippen MR) is 54.9 cm³/mol. The molecular formula is C11H11FN2. The highest BCUT2D eigenvalue weighted by atomic mass is 19.1. The summed E-state index contributed by atoms with van der Waals surface area (Å²) in [4.78, 5) is 0. The lowest BCUT2D eigenvalue weighted by Gasteiger charge is -2.02. The third kappa shape index (κ3) is 2.11. The number of anilines is 1. The molecule has 0 fully saturated rings. The van der Waals surface area contributed by atoms with E-state index in [-0.39, 0.29) is 5.56 Å². The van der Waals surface area contributed by atoms with Crippen molar-refractivity contribution in [3.05, 3.63) is 34.6 Å². The summed E-state index contributed by atoms with van der Waals surface area (Å²) in [5, 5.41) is 8.62. The lowest BCUT2D eigenvalue weighted by Crippen LogP contribution is -1.94. The SMILES string of the molecule is CC(C)=Cc1cc(C#N)c(F)cc1N. The van der Waals surface area contributed by atoms with Crippen LogP contribution in [-0.2, 0) is 0 Å². The Morgan fingerprint density at radius 3 is 2.64 bits per heavy atom. The first-order valence-corrected chi connectivity index (χ1v) is 4.18. The van der Waals surface area contributed by atoms with Crippen LogP contribution in [0, 0.1) is 17.1 Å². The molecule has 14 heavy (non-hydrogen) atoms. The van der Waals surface area contributed by atoms with Gasteiger partial charge >= 0.3 is 0 Å². The minimum absolute atomic E-state index is 0.0201. The summed E-state index contributed by atoms with van der Waals surface area (Å²) in [6, 6.07) is 4.41. The number of nitriles is 1. The Hall–Kier alpha value is -1.82. The maximum Gasteiger partial charge on any atom is 0.143 e. The van der Waals surface area contributed by atoms with Crippen molar-refractivity contribution in [3.63, 3.8) is 0 Å². The average molecular weight is 190 g/mol. The third-order valence-electron chi connectivity index (χ3n) is 1.74. The van der Waals surface area contributed by atoms with Crippen LogP contribution in [0.1, 0.15) is 25.0 Å². The smallest absolute Gasteiger partial charge is 0.143 e. The molecule has 0 spiro atoms. The van der Waals surface area contributed by atoms with Crippen molar-refractivity contribution in [2.24, 2.45) is 0 Å². The van der Waals surface area contributed by atoms with E-state index in [0.717, 1.165) is 5.57 Å². The summed E-state index contributed by atoms with van der Waals surface area (Å²) in [6.45, 7) is 3.82. The molecule has 0 bridgehead atoms. The molecule has 0 saturated heterocycles. The molecule has 0 radical (unpaired) electrons. The van der Waals surface area contributed by atoms with Gasteiger partial charge < -0.3 is 5.73 Å². The highest BCUT2D eigenvalue weighted by Crippen LogP contribution is 2.20. The maximum absolute atomic E-state index is 13.0. The highest BCUT2D eigenvalue weighted by molar-refractivity contribution is 5.67. The fourth-order valence-corrected chi connectivity index (χ4v) is 1.13.